The number of hydrogen-bond donors (Lipinski definition) is 0. The van der Waals surface area contributed by atoms with Crippen LogP contribution in [-0.2, 0) is 14.3 Å². The lowest BCUT2D eigenvalue weighted by molar-refractivity contribution is -0.247. The van der Waals surface area contributed by atoms with Crippen molar-refractivity contribution >= 4 is 12.3 Å². The number of esters is 1. The number of carbonyl (C=O) groups is 2. The molecule has 0 heterocycles. The van der Waals surface area contributed by atoms with Gasteiger partial charge in [0, 0.05) is 17.8 Å². The van der Waals surface area contributed by atoms with Crippen LogP contribution < -0.4 is 0 Å². The molecule has 0 spiro atoms. The van der Waals surface area contributed by atoms with Crippen molar-refractivity contribution in [3.05, 3.63) is 12.2 Å². The van der Waals surface area contributed by atoms with E-state index in [9.17, 15) is 9.59 Å². The Morgan fingerprint density at radius 1 is 0.829 bits per heavy atom. The molecule has 5 fully saturated rings. The fourth-order valence-electron chi connectivity index (χ4n) is 11.8. The lowest BCUT2D eigenvalue weighted by Crippen LogP contribution is -2.66. The van der Waals surface area contributed by atoms with Gasteiger partial charge in [0.2, 0.25) is 0 Å². The van der Waals surface area contributed by atoms with Gasteiger partial charge in [0.1, 0.15) is 12.4 Å². The van der Waals surface area contributed by atoms with Crippen molar-refractivity contribution in [1.29, 1.82) is 0 Å². The quantitative estimate of drug-likeness (QED) is 0.234. The highest BCUT2D eigenvalue weighted by atomic mass is 16.5. The predicted molar refractivity (Wildman–Crippen MR) is 141 cm³/mol. The Kier molecular flexibility index (Phi) is 5.79. The van der Waals surface area contributed by atoms with Gasteiger partial charge in [-0.05, 0) is 117 Å². The summed E-state index contributed by atoms with van der Waals surface area (Å²) in [5.41, 5.74) is 2.05. The van der Waals surface area contributed by atoms with Gasteiger partial charge in [0.15, 0.2) is 0 Å². The van der Waals surface area contributed by atoms with E-state index in [1.165, 1.54) is 44.0 Å². The zero-order valence-electron chi connectivity index (χ0n) is 23.5. The first-order chi connectivity index (χ1) is 16.3. The van der Waals surface area contributed by atoms with E-state index >= 15 is 0 Å². The molecule has 0 amide bonds. The zero-order valence-corrected chi connectivity index (χ0v) is 23.5. The molecule has 0 bridgehead atoms. The van der Waals surface area contributed by atoms with E-state index in [4.69, 9.17) is 4.74 Å². The van der Waals surface area contributed by atoms with Crippen LogP contribution in [0.5, 0.6) is 0 Å². The first kappa shape index (κ1) is 25.5. The second kappa shape index (κ2) is 7.94. The number of aldehydes is 1. The first-order valence-corrected chi connectivity index (χ1v) is 14.6. The average Bonchev–Trinajstić information content (AvgIpc) is 3.16. The zero-order chi connectivity index (χ0) is 25.6. The van der Waals surface area contributed by atoms with Crippen LogP contribution in [0.15, 0.2) is 12.2 Å². The maximum Gasteiger partial charge on any atom is 0.302 e. The van der Waals surface area contributed by atoms with Crippen LogP contribution in [0.25, 0.3) is 0 Å². The molecule has 10 atom stereocenters. The van der Waals surface area contributed by atoms with Crippen LogP contribution in [0, 0.1) is 56.7 Å². The molecule has 0 radical (unpaired) electrons. The lowest BCUT2D eigenvalue weighted by atomic mass is 9.32. The highest BCUT2D eigenvalue weighted by Crippen LogP contribution is 2.77. The molecule has 35 heavy (non-hydrogen) atoms. The van der Waals surface area contributed by atoms with Gasteiger partial charge in [0.25, 0.3) is 0 Å². The fourth-order valence-corrected chi connectivity index (χ4v) is 11.8. The van der Waals surface area contributed by atoms with Crippen molar-refractivity contribution in [2.75, 3.05) is 0 Å². The Balaban J connectivity index is 1.51. The molecule has 196 valence electrons. The second-order valence-corrected chi connectivity index (χ2v) is 15.0. The molecule has 5 rings (SSSR count). The topological polar surface area (TPSA) is 43.4 Å². The van der Waals surface area contributed by atoms with Gasteiger partial charge in [-0.25, -0.2) is 0 Å². The Morgan fingerprint density at radius 3 is 2.17 bits per heavy atom. The highest BCUT2D eigenvalue weighted by Gasteiger charge is 2.71. The number of hydrogen-bond acceptors (Lipinski definition) is 3. The number of ether oxygens (including phenoxy) is 1. The van der Waals surface area contributed by atoms with Gasteiger partial charge in [-0.2, -0.15) is 0 Å². The Hall–Kier alpha value is -1.12. The number of carbonyl (C=O) groups excluding carboxylic acids is 2. The Bertz CT molecular complexity index is 920. The van der Waals surface area contributed by atoms with Crippen molar-refractivity contribution in [3.63, 3.8) is 0 Å². The average molecular weight is 483 g/mol. The summed E-state index contributed by atoms with van der Waals surface area (Å²) in [6.45, 7) is 20.8. The molecule has 0 N–H and O–H groups in total. The van der Waals surface area contributed by atoms with E-state index in [0.717, 1.165) is 32.1 Å². The fraction of sp³-hybridized carbons (Fsp3) is 0.875. The standard InChI is InChI=1S/C32H50O3/c1-20(2)22-11-16-32(19-33)18-17-30(7)23(27(22)32)9-10-25-29(6)14-13-26(35-21(3)34)28(4,5)24(29)12-15-31(25,30)8/h19,22-27H,1,9-18H2,2-8H3/t22?,23?,24?,25?,26?,27?,29?,30-,31+,32?/m1/s1. The molecule has 0 aromatic heterocycles. The van der Waals surface area contributed by atoms with Crippen LogP contribution in [0.2, 0.25) is 0 Å². The van der Waals surface area contributed by atoms with E-state index in [-0.39, 0.29) is 33.7 Å². The maximum absolute atomic E-state index is 12.6. The van der Waals surface area contributed by atoms with Gasteiger partial charge in [-0.3, -0.25) is 4.79 Å². The molecule has 0 aliphatic heterocycles. The third-order valence-corrected chi connectivity index (χ3v) is 13.6. The third-order valence-electron chi connectivity index (χ3n) is 13.6. The molecule has 3 heteroatoms. The molecule has 5 saturated carbocycles. The maximum atomic E-state index is 12.6. The van der Waals surface area contributed by atoms with Crippen LogP contribution in [0.1, 0.15) is 113 Å². The van der Waals surface area contributed by atoms with Crippen LogP contribution in [0.4, 0.5) is 0 Å². The minimum atomic E-state index is -0.134. The summed E-state index contributed by atoms with van der Waals surface area (Å²) in [7, 11) is 0. The monoisotopic (exact) mass is 482 g/mol. The summed E-state index contributed by atoms with van der Waals surface area (Å²) in [5.74, 6) is 2.76. The van der Waals surface area contributed by atoms with Crippen molar-refractivity contribution in [3.8, 4) is 0 Å². The predicted octanol–water partition coefficient (Wildman–Crippen LogP) is 7.77. The summed E-state index contributed by atoms with van der Waals surface area (Å²) in [4.78, 5) is 24.5. The number of allylic oxidation sites excluding steroid dienone is 1. The smallest absolute Gasteiger partial charge is 0.302 e. The number of fused-ring (bicyclic) bond motifs is 7. The van der Waals surface area contributed by atoms with Gasteiger partial charge in [-0.15, -0.1) is 0 Å². The van der Waals surface area contributed by atoms with Gasteiger partial charge in [0.05, 0.1) is 0 Å². The molecule has 5 aliphatic carbocycles. The third kappa shape index (κ3) is 3.21. The summed E-state index contributed by atoms with van der Waals surface area (Å²) in [5, 5.41) is 0. The SMILES string of the molecule is C=C(C)C1CCC2(C=O)CC[C@]3(C)C(CCC4C5(C)CCC(OC(C)=O)C(C)(C)C5CC[C@@]43C)C12. The summed E-state index contributed by atoms with van der Waals surface area (Å²) < 4.78 is 5.89. The van der Waals surface area contributed by atoms with E-state index in [0.29, 0.717) is 35.0 Å². The van der Waals surface area contributed by atoms with E-state index < -0.39 is 0 Å². The Labute approximate surface area is 214 Å². The summed E-state index contributed by atoms with van der Waals surface area (Å²) in [6, 6.07) is 0. The minimum Gasteiger partial charge on any atom is -0.462 e. The van der Waals surface area contributed by atoms with Crippen molar-refractivity contribution in [2.45, 2.75) is 119 Å². The van der Waals surface area contributed by atoms with Crippen molar-refractivity contribution in [1.82, 2.24) is 0 Å². The molecular formula is C32H50O3. The Morgan fingerprint density at radius 2 is 1.54 bits per heavy atom. The highest BCUT2D eigenvalue weighted by molar-refractivity contribution is 5.66. The largest absolute Gasteiger partial charge is 0.462 e. The van der Waals surface area contributed by atoms with E-state index in [1.807, 2.05) is 0 Å². The number of rotatable bonds is 3. The minimum absolute atomic E-state index is 0.00743. The van der Waals surface area contributed by atoms with Crippen LogP contribution in [0.3, 0.4) is 0 Å². The molecule has 0 aromatic rings. The van der Waals surface area contributed by atoms with Gasteiger partial charge < -0.3 is 9.53 Å². The van der Waals surface area contributed by atoms with E-state index in [2.05, 4.69) is 48.1 Å². The summed E-state index contributed by atoms with van der Waals surface area (Å²) in [6.07, 6.45) is 13.1. The summed E-state index contributed by atoms with van der Waals surface area (Å²) >= 11 is 0. The van der Waals surface area contributed by atoms with Gasteiger partial charge in [-0.1, -0.05) is 46.8 Å². The van der Waals surface area contributed by atoms with Gasteiger partial charge >= 0.3 is 5.97 Å². The molecule has 3 nitrogen and oxygen atoms in total. The van der Waals surface area contributed by atoms with Crippen LogP contribution in [-0.4, -0.2) is 18.4 Å². The molecular weight excluding hydrogens is 432 g/mol. The lowest BCUT2D eigenvalue weighted by Gasteiger charge is -2.72. The molecule has 0 aromatic carbocycles. The first-order valence-electron chi connectivity index (χ1n) is 14.6. The second-order valence-electron chi connectivity index (χ2n) is 15.0. The van der Waals surface area contributed by atoms with E-state index in [1.54, 1.807) is 6.92 Å². The molecule has 5 aliphatic rings. The normalized spacial score (nSPS) is 52.3. The van der Waals surface area contributed by atoms with Crippen molar-refractivity contribution < 1.29 is 14.3 Å². The molecule has 0 saturated heterocycles. The van der Waals surface area contributed by atoms with Crippen molar-refractivity contribution in [2.24, 2.45) is 56.7 Å². The molecule has 8 unspecified atom stereocenters. The van der Waals surface area contributed by atoms with Crippen LogP contribution >= 0.6 is 0 Å².